The third kappa shape index (κ3) is 4.98. The van der Waals surface area contributed by atoms with Crippen LogP contribution >= 0.6 is 0 Å². The van der Waals surface area contributed by atoms with Crippen LogP contribution in [0.2, 0.25) is 0 Å². The number of carbonyl (C=O) groups is 2. The standard InChI is InChI=1S/C27H32N4O3/c1-4-23(21-11-5-6-12-24(21)34-18-26(32)30-15-9-10-16-30)29-27(33)22-17-19(2)31(20(22)3)25-13-7-8-14-28-25/h5-8,11-14,17,23H,4,9-10,15-16,18H2,1-3H3,(H,29,33). The normalized spacial score (nSPS) is 14.1. The van der Waals surface area contributed by atoms with Gasteiger partial charge in [0.1, 0.15) is 11.6 Å². The minimum Gasteiger partial charge on any atom is -0.483 e. The Bertz CT molecular complexity index is 1150. The van der Waals surface area contributed by atoms with E-state index in [1.165, 1.54) is 0 Å². The van der Waals surface area contributed by atoms with Crippen molar-refractivity contribution in [1.29, 1.82) is 0 Å². The molecule has 1 saturated heterocycles. The molecular weight excluding hydrogens is 428 g/mol. The summed E-state index contributed by atoms with van der Waals surface area (Å²) in [6.07, 6.45) is 4.53. The van der Waals surface area contributed by atoms with Crippen LogP contribution in [0.15, 0.2) is 54.7 Å². The highest BCUT2D eigenvalue weighted by molar-refractivity contribution is 5.96. The molecule has 1 atom stereocenters. The maximum Gasteiger partial charge on any atom is 0.260 e. The summed E-state index contributed by atoms with van der Waals surface area (Å²) in [6, 6.07) is 15.0. The predicted octanol–water partition coefficient (Wildman–Crippen LogP) is 4.37. The zero-order chi connectivity index (χ0) is 24.1. The summed E-state index contributed by atoms with van der Waals surface area (Å²) in [7, 11) is 0. The first-order valence-electron chi connectivity index (χ1n) is 11.9. The van der Waals surface area contributed by atoms with E-state index in [1.807, 2.05) is 78.8 Å². The number of amides is 2. The molecule has 3 heterocycles. The SMILES string of the molecule is CCC(NC(=O)c1cc(C)n(-c2ccccn2)c1C)c1ccccc1OCC(=O)N1CCCC1. The molecule has 0 aliphatic carbocycles. The van der Waals surface area contributed by atoms with E-state index in [0.717, 1.165) is 48.7 Å². The number of para-hydroxylation sites is 1. The maximum atomic E-state index is 13.3. The summed E-state index contributed by atoms with van der Waals surface area (Å²) in [5.74, 6) is 1.27. The lowest BCUT2D eigenvalue weighted by Crippen LogP contribution is -2.33. The molecule has 178 valence electrons. The number of likely N-dealkylation sites (tertiary alicyclic amines) is 1. The van der Waals surface area contributed by atoms with Gasteiger partial charge >= 0.3 is 0 Å². The Labute approximate surface area is 200 Å². The van der Waals surface area contributed by atoms with Gasteiger partial charge in [-0.05, 0) is 57.4 Å². The third-order valence-corrected chi connectivity index (χ3v) is 6.37. The van der Waals surface area contributed by atoms with Crippen LogP contribution in [0.25, 0.3) is 5.82 Å². The molecule has 1 aromatic carbocycles. The molecule has 3 aromatic rings. The Hall–Kier alpha value is -3.61. The highest BCUT2D eigenvalue weighted by Gasteiger charge is 2.23. The van der Waals surface area contributed by atoms with E-state index in [4.69, 9.17) is 4.74 Å². The van der Waals surface area contributed by atoms with Gasteiger partial charge in [-0.2, -0.15) is 0 Å². The van der Waals surface area contributed by atoms with Crippen molar-refractivity contribution in [3.8, 4) is 11.6 Å². The zero-order valence-corrected chi connectivity index (χ0v) is 20.1. The lowest BCUT2D eigenvalue weighted by Gasteiger charge is -2.22. The summed E-state index contributed by atoms with van der Waals surface area (Å²) in [5.41, 5.74) is 3.26. The van der Waals surface area contributed by atoms with Crippen molar-refractivity contribution in [2.24, 2.45) is 0 Å². The number of carbonyl (C=O) groups excluding carboxylic acids is 2. The smallest absolute Gasteiger partial charge is 0.260 e. The van der Waals surface area contributed by atoms with Crippen LogP contribution in [0.3, 0.4) is 0 Å². The molecule has 1 aliphatic rings. The van der Waals surface area contributed by atoms with E-state index in [2.05, 4.69) is 10.3 Å². The minimum absolute atomic E-state index is 0.00588. The van der Waals surface area contributed by atoms with Crippen LogP contribution in [0.4, 0.5) is 0 Å². The summed E-state index contributed by atoms with van der Waals surface area (Å²) in [4.78, 5) is 32.0. The molecule has 1 unspecified atom stereocenters. The van der Waals surface area contributed by atoms with Crippen molar-refractivity contribution in [3.05, 3.63) is 77.2 Å². The predicted molar refractivity (Wildman–Crippen MR) is 131 cm³/mol. The number of hydrogen-bond acceptors (Lipinski definition) is 4. The first-order chi connectivity index (χ1) is 16.5. The number of nitrogens with one attached hydrogen (secondary N) is 1. The second-order valence-electron chi connectivity index (χ2n) is 8.66. The Morgan fingerprint density at radius 2 is 1.82 bits per heavy atom. The molecule has 7 heteroatoms. The van der Waals surface area contributed by atoms with Crippen LogP contribution in [-0.4, -0.2) is 46.0 Å². The molecule has 0 spiro atoms. The Balaban J connectivity index is 1.51. The number of nitrogens with zero attached hydrogens (tertiary/aromatic N) is 3. The van der Waals surface area contributed by atoms with Crippen LogP contribution in [-0.2, 0) is 4.79 Å². The molecule has 0 saturated carbocycles. The number of aromatic nitrogens is 2. The molecular formula is C27H32N4O3. The number of benzene rings is 1. The Morgan fingerprint density at radius 1 is 1.09 bits per heavy atom. The first kappa shape index (κ1) is 23.5. The van der Waals surface area contributed by atoms with Crippen LogP contribution in [0, 0.1) is 13.8 Å². The zero-order valence-electron chi connectivity index (χ0n) is 20.1. The summed E-state index contributed by atoms with van der Waals surface area (Å²) in [6.45, 7) is 7.53. The van der Waals surface area contributed by atoms with Crippen molar-refractivity contribution >= 4 is 11.8 Å². The second-order valence-corrected chi connectivity index (χ2v) is 8.66. The van der Waals surface area contributed by atoms with E-state index in [1.54, 1.807) is 6.20 Å². The van der Waals surface area contributed by atoms with Crippen molar-refractivity contribution in [3.63, 3.8) is 0 Å². The lowest BCUT2D eigenvalue weighted by molar-refractivity contribution is -0.132. The number of rotatable bonds is 8. The molecule has 1 aliphatic heterocycles. The van der Waals surface area contributed by atoms with Gasteiger partial charge < -0.3 is 19.5 Å². The Morgan fingerprint density at radius 3 is 2.53 bits per heavy atom. The fraction of sp³-hybridized carbons (Fsp3) is 0.370. The highest BCUT2D eigenvalue weighted by Crippen LogP contribution is 2.28. The van der Waals surface area contributed by atoms with E-state index in [9.17, 15) is 9.59 Å². The van der Waals surface area contributed by atoms with E-state index in [0.29, 0.717) is 17.7 Å². The van der Waals surface area contributed by atoms with Gasteiger partial charge in [0.25, 0.3) is 11.8 Å². The van der Waals surface area contributed by atoms with Gasteiger partial charge in [-0.25, -0.2) is 4.98 Å². The van der Waals surface area contributed by atoms with Crippen LogP contribution in [0.1, 0.15) is 59.5 Å². The topological polar surface area (TPSA) is 76.5 Å². The van der Waals surface area contributed by atoms with Gasteiger partial charge in [-0.3, -0.25) is 9.59 Å². The Kier molecular flexibility index (Phi) is 7.30. The number of aryl methyl sites for hydroxylation is 1. The van der Waals surface area contributed by atoms with Crippen LogP contribution in [0.5, 0.6) is 5.75 Å². The third-order valence-electron chi connectivity index (χ3n) is 6.37. The average Bonchev–Trinajstić information content (AvgIpc) is 3.50. The molecule has 2 aromatic heterocycles. The van der Waals surface area contributed by atoms with Gasteiger partial charge in [0.2, 0.25) is 0 Å². The van der Waals surface area contributed by atoms with Crippen LogP contribution < -0.4 is 10.1 Å². The molecule has 2 amide bonds. The minimum atomic E-state index is -0.247. The summed E-state index contributed by atoms with van der Waals surface area (Å²) >= 11 is 0. The van der Waals surface area contributed by atoms with Gasteiger partial charge in [-0.1, -0.05) is 31.2 Å². The van der Waals surface area contributed by atoms with E-state index >= 15 is 0 Å². The largest absolute Gasteiger partial charge is 0.483 e. The molecule has 0 radical (unpaired) electrons. The lowest BCUT2D eigenvalue weighted by atomic mass is 10.0. The van der Waals surface area contributed by atoms with Crippen molar-refractivity contribution in [2.45, 2.75) is 46.1 Å². The average molecular weight is 461 g/mol. The number of pyridine rings is 1. The monoisotopic (exact) mass is 460 g/mol. The van der Waals surface area contributed by atoms with E-state index in [-0.39, 0.29) is 24.5 Å². The first-order valence-corrected chi connectivity index (χ1v) is 11.9. The molecule has 1 N–H and O–H groups in total. The maximum absolute atomic E-state index is 13.3. The van der Waals surface area contributed by atoms with Crippen molar-refractivity contribution in [1.82, 2.24) is 19.8 Å². The van der Waals surface area contributed by atoms with Gasteiger partial charge in [0.05, 0.1) is 11.6 Å². The van der Waals surface area contributed by atoms with Crippen molar-refractivity contribution in [2.75, 3.05) is 19.7 Å². The fourth-order valence-corrected chi connectivity index (χ4v) is 4.56. The van der Waals surface area contributed by atoms with Crippen molar-refractivity contribution < 1.29 is 14.3 Å². The molecule has 7 nitrogen and oxygen atoms in total. The fourth-order valence-electron chi connectivity index (χ4n) is 4.56. The van der Waals surface area contributed by atoms with E-state index < -0.39 is 0 Å². The van der Waals surface area contributed by atoms with Gasteiger partial charge in [-0.15, -0.1) is 0 Å². The molecule has 1 fully saturated rings. The second kappa shape index (κ2) is 10.5. The van der Waals surface area contributed by atoms with Gasteiger partial charge in [0, 0.05) is 36.2 Å². The number of hydrogen-bond donors (Lipinski definition) is 1. The quantitative estimate of drug-likeness (QED) is 0.542. The summed E-state index contributed by atoms with van der Waals surface area (Å²) in [5, 5.41) is 3.17. The van der Waals surface area contributed by atoms with Gasteiger partial charge in [0.15, 0.2) is 6.61 Å². The molecule has 0 bridgehead atoms. The summed E-state index contributed by atoms with van der Waals surface area (Å²) < 4.78 is 7.91. The highest BCUT2D eigenvalue weighted by atomic mass is 16.5. The molecule has 34 heavy (non-hydrogen) atoms. The molecule has 4 rings (SSSR count). The number of ether oxygens (including phenoxy) is 1.